The van der Waals surface area contributed by atoms with Crippen molar-refractivity contribution in [1.82, 2.24) is 4.98 Å². The third-order valence-electron chi connectivity index (χ3n) is 1.26. The van der Waals surface area contributed by atoms with Crippen molar-refractivity contribution in [3.8, 4) is 5.75 Å². The first kappa shape index (κ1) is 11.8. The Labute approximate surface area is 89.8 Å². The standard InChI is InChI=1S/C7H3BrF3NO3/c8-3-2-12-4(6(13)14)1-5(3)15-7(9,10)11/h1-2H,(H,13,14). The number of hydrogen-bond acceptors (Lipinski definition) is 3. The summed E-state index contributed by atoms with van der Waals surface area (Å²) in [4.78, 5) is 13.8. The lowest BCUT2D eigenvalue weighted by Crippen LogP contribution is -2.18. The molecule has 0 aliphatic carbocycles. The summed E-state index contributed by atoms with van der Waals surface area (Å²) in [6, 6.07) is 0.680. The Bertz CT molecular complexity index is 394. The number of carboxylic acid groups (broad SMARTS) is 1. The predicted molar refractivity (Wildman–Crippen MR) is 45.6 cm³/mol. The fourth-order valence-corrected chi connectivity index (χ4v) is 1.04. The Morgan fingerprint density at radius 2 is 2.13 bits per heavy atom. The van der Waals surface area contributed by atoms with E-state index in [9.17, 15) is 18.0 Å². The summed E-state index contributed by atoms with van der Waals surface area (Å²) in [5.41, 5.74) is -0.530. The highest BCUT2D eigenvalue weighted by Crippen LogP contribution is 2.30. The number of rotatable bonds is 2. The minimum atomic E-state index is -4.88. The van der Waals surface area contributed by atoms with E-state index in [0.29, 0.717) is 6.07 Å². The number of halogens is 4. The molecule has 0 amide bonds. The molecule has 0 saturated carbocycles. The summed E-state index contributed by atoms with van der Waals surface area (Å²) < 4.78 is 39.0. The van der Waals surface area contributed by atoms with Gasteiger partial charge in [0.25, 0.3) is 0 Å². The number of pyridine rings is 1. The van der Waals surface area contributed by atoms with Gasteiger partial charge >= 0.3 is 12.3 Å². The molecular weight excluding hydrogens is 283 g/mol. The quantitative estimate of drug-likeness (QED) is 0.907. The smallest absolute Gasteiger partial charge is 0.477 e. The molecule has 1 rings (SSSR count). The number of hydrogen-bond donors (Lipinski definition) is 1. The molecule has 0 radical (unpaired) electrons. The highest BCUT2D eigenvalue weighted by Gasteiger charge is 2.32. The van der Waals surface area contributed by atoms with Gasteiger partial charge in [-0.3, -0.25) is 0 Å². The van der Waals surface area contributed by atoms with Crippen LogP contribution in [-0.2, 0) is 0 Å². The molecule has 82 valence electrons. The van der Waals surface area contributed by atoms with Gasteiger partial charge in [-0.15, -0.1) is 13.2 Å². The van der Waals surface area contributed by atoms with Gasteiger partial charge in [0.15, 0.2) is 5.69 Å². The van der Waals surface area contributed by atoms with Gasteiger partial charge in [0.1, 0.15) is 5.75 Å². The second-order valence-corrected chi connectivity index (χ2v) is 3.21. The Morgan fingerprint density at radius 1 is 1.53 bits per heavy atom. The van der Waals surface area contributed by atoms with Crippen LogP contribution in [0.4, 0.5) is 13.2 Å². The van der Waals surface area contributed by atoms with Gasteiger partial charge in [-0.1, -0.05) is 0 Å². The number of aromatic nitrogens is 1. The molecule has 0 aliphatic rings. The molecule has 1 heterocycles. The van der Waals surface area contributed by atoms with E-state index in [1.54, 1.807) is 0 Å². The summed E-state index contributed by atoms with van der Waals surface area (Å²) in [6.45, 7) is 0. The molecule has 1 aromatic heterocycles. The fraction of sp³-hybridized carbons (Fsp3) is 0.143. The maximum absolute atomic E-state index is 11.8. The van der Waals surface area contributed by atoms with Gasteiger partial charge < -0.3 is 9.84 Å². The van der Waals surface area contributed by atoms with E-state index in [4.69, 9.17) is 5.11 Å². The highest BCUT2D eigenvalue weighted by molar-refractivity contribution is 9.10. The minimum absolute atomic E-state index is 0.0789. The van der Waals surface area contributed by atoms with Crippen LogP contribution < -0.4 is 4.74 Å². The van der Waals surface area contributed by atoms with Gasteiger partial charge in [0, 0.05) is 12.3 Å². The zero-order valence-corrected chi connectivity index (χ0v) is 8.46. The maximum atomic E-state index is 11.8. The Kier molecular flexibility index (Phi) is 3.18. The predicted octanol–water partition coefficient (Wildman–Crippen LogP) is 2.44. The fourth-order valence-electron chi connectivity index (χ4n) is 0.740. The topological polar surface area (TPSA) is 59.4 Å². The van der Waals surface area contributed by atoms with Crippen molar-refractivity contribution in [3.63, 3.8) is 0 Å². The van der Waals surface area contributed by atoms with Gasteiger partial charge in [0.2, 0.25) is 0 Å². The Hall–Kier alpha value is -1.31. The summed E-state index contributed by atoms with van der Waals surface area (Å²) in [7, 11) is 0. The number of carboxylic acids is 1. The Morgan fingerprint density at radius 3 is 2.60 bits per heavy atom. The average molecular weight is 286 g/mol. The molecule has 8 heteroatoms. The summed E-state index contributed by atoms with van der Waals surface area (Å²) in [5, 5.41) is 8.48. The van der Waals surface area contributed by atoms with Crippen molar-refractivity contribution < 1.29 is 27.8 Å². The first-order valence-electron chi connectivity index (χ1n) is 3.44. The number of nitrogens with zero attached hydrogens (tertiary/aromatic N) is 1. The third-order valence-corrected chi connectivity index (χ3v) is 1.86. The lowest BCUT2D eigenvalue weighted by Gasteiger charge is -2.10. The zero-order chi connectivity index (χ0) is 11.6. The van der Waals surface area contributed by atoms with Crippen LogP contribution in [0.3, 0.4) is 0 Å². The van der Waals surface area contributed by atoms with Crippen molar-refractivity contribution in [2.75, 3.05) is 0 Å². The number of ether oxygens (including phenoxy) is 1. The highest BCUT2D eigenvalue weighted by atomic mass is 79.9. The number of aromatic carboxylic acids is 1. The molecule has 0 atom stereocenters. The molecule has 0 unspecified atom stereocenters. The van der Waals surface area contributed by atoms with Crippen molar-refractivity contribution in [2.45, 2.75) is 6.36 Å². The van der Waals surface area contributed by atoms with Gasteiger partial charge in [0.05, 0.1) is 4.47 Å². The van der Waals surface area contributed by atoms with Crippen LogP contribution in [-0.4, -0.2) is 22.4 Å². The SMILES string of the molecule is O=C(O)c1cc(OC(F)(F)F)c(Br)cn1. The van der Waals surface area contributed by atoms with Crippen LogP contribution in [0.5, 0.6) is 5.75 Å². The lowest BCUT2D eigenvalue weighted by molar-refractivity contribution is -0.274. The van der Waals surface area contributed by atoms with Crippen LogP contribution in [0.2, 0.25) is 0 Å². The van der Waals surface area contributed by atoms with Gasteiger partial charge in [-0.25, -0.2) is 9.78 Å². The van der Waals surface area contributed by atoms with Gasteiger partial charge in [-0.2, -0.15) is 0 Å². The first-order chi connectivity index (χ1) is 6.79. The number of carbonyl (C=O) groups is 1. The lowest BCUT2D eigenvalue weighted by atomic mass is 10.3. The van der Waals surface area contributed by atoms with E-state index in [0.717, 1.165) is 6.20 Å². The summed E-state index contributed by atoms with van der Waals surface area (Å²) in [5.74, 6) is -2.08. The van der Waals surface area contributed by atoms with E-state index < -0.39 is 23.8 Å². The normalized spacial score (nSPS) is 11.2. The zero-order valence-electron chi connectivity index (χ0n) is 6.88. The van der Waals surface area contributed by atoms with Gasteiger partial charge in [-0.05, 0) is 15.9 Å². The van der Waals surface area contributed by atoms with Crippen molar-refractivity contribution >= 4 is 21.9 Å². The second kappa shape index (κ2) is 4.05. The summed E-state index contributed by atoms with van der Waals surface area (Å²) in [6.07, 6.45) is -3.95. The van der Waals surface area contributed by atoms with Crippen LogP contribution in [0, 0.1) is 0 Å². The molecule has 0 aliphatic heterocycles. The van der Waals surface area contributed by atoms with E-state index >= 15 is 0 Å². The van der Waals surface area contributed by atoms with Crippen LogP contribution in [0.15, 0.2) is 16.7 Å². The van der Waals surface area contributed by atoms with Crippen LogP contribution >= 0.6 is 15.9 Å². The van der Waals surface area contributed by atoms with Crippen molar-refractivity contribution in [1.29, 1.82) is 0 Å². The molecule has 0 spiro atoms. The molecule has 0 saturated heterocycles. The summed E-state index contributed by atoms with van der Waals surface area (Å²) >= 11 is 2.75. The van der Waals surface area contributed by atoms with E-state index in [2.05, 4.69) is 25.7 Å². The molecule has 1 N–H and O–H groups in total. The number of alkyl halides is 3. The molecule has 1 aromatic rings. The van der Waals surface area contributed by atoms with E-state index in [-0.39, 0.29) is 4.47 Å². The molecule has 0 aromatic carbocycles. The molecule has 0 fully saturated rings. The third kappa shape index (κ3) is 3.39. The van der Waals surface area contributed by atoms with Crippen LogP contribution in [0.1, 0.15) is 10.5 Å². The Balaban J connectivity index is 3.06. The molecular formula is C7H3BrF3NO3. The minimum Gasteiger partial charge on any atom is -0.477 e. The first-order valence-corrected chi connectivity index (χ1v) is 4.23. The monoisotopic (exact) mass is 285 g/mol. The largest absolute Gasteiger partial charge is 0.573 e. The van der Waals surface area contributed by atoms with Crippen LogP contribution in [0.25, 0.3) is 0 Å². The van der Waals surface area contributed by atoms with E-state index in [1.165, 1.54) is 0 Å². The second-order valence-electron chi connectivity index (χ2n) is 2.35. The molecule has 0 bridgehead atoms. The van der Waals surface area contributed by atoms with Crippen molar-refractivity contribution in [2.24, 2.45) is 0 Å². The van der Waals surface area contributed by atoms with Crippen molar-refractivity contribution in [3.05, 3.63) is 22.4 Å². The molecule has 15 heavy (non-hydrogen) atoms. The van der Waals surface area contributed by atoms with E-state index in [1.807, 2.05) is 0 Å². The molecule has 4 nitrogen and oxygen atoms in total. The average Bonchev–Trinajstić information content (AvgIpc) is 2.06. The maximum Gasteiger partial charge on any atom is 0.573 e.